The van der Waals surface area contributed by atoms with Gasteiger partial charge in [-0.1, -0.05) is 18.2 Å². The summed E-state index contributed by atoms with van der Waals surface area (Å²) in [5.74, 6) is -2.70. The van der Waals surface area contributed by atoms with Gasteiger partial charge in [0.2, 0.25) is 5.91 Å². The first kappa shape index (κ1) is 15.5. The highest BCUT2D eigenvalue weighted by Gasteiger charge is 2.53. The fourth-order valence-corrected chi connectivity index (χ4v) is 4.03. The highest BCUT2D eigenvalue weighted by Crippen LogP contribution is 2.35. The number of hydrogen-bond acceptors (Lipinski definition) is 5. The molecule has 8 heteroatoms. The van der Waals surface area contributed by atoms with Gasteiger partial charge in [-0.15, -0.1) is 11.3 Å². The van der Waals surface area contributed by atoms with Crippen molar-refractivity contribution in [3.05, 3.63) is 57.8 Å². The summed E-state index contributed by atoms with van der Waals surface area (Å²) in [6.45, 7) is 0.0131. The number of amides is 3. The molecule has 0 spiro atoms. The van der Waals surface area contributed by atoms with E-state index in [1.165, 1.54) is 16.2 Å². The minimum atomic E-state index is -1.14. The van der Waals surface area contributed by atoms with E-state index in [1.807, 2.05) is 0 Å². The van der Waals surface area contributed by atoms with Crippen molar-refractivity contribution in [2.24, 2.45) is 0 Å². The predicted octanol–water partition coefficient (Wildman–Crippen LogP) is 1.38. The Morgan fingerprint density at radius 3 is 2.20 bits per heavy atom. The van der Waals surface area contributed by atoms with Gasteiger partial charge in [-0.05, 0) is 23.6 Å². The number of aliphatic carboxylic acids is 1. The number of β-lactam (4-membered cyclic amide) rings is 1. The van der Waals surface area contributed by atoms with E-state index in [1.54, 1.807) is 41.8 Å². The quantitative estimate of drug-likeness (QED) is 0.660. The minimum Gasteiger partial charge on any atom is -0.479 e. The molecule has 0 aliphatic carbocycles. The number of carboxylic acids is 1. The third-order valence-electron chi connectivity index (χ3n) is 4.43. The summed E-state index contributed by atoms with van der Waals surface area (Å²) in [6.07, 6.45) is 0. The number of thiophene rings is 1. The first-order chi connectivity index (χ1) is 12.0. The number of carbonyl (C=O) groups is 4. The van der Waals surface area contributed by atoms with E-state index in [2.05, 4.69) is 0 Å². The largest absolute Gasteiger partial charge is 0.479 e. The summed E-state index contributed by atoms with van der Waals surface area (Å²) in [5.41, 5.74) is 0.540. The van der Waals surface area contributed by atoms with Crippen molar-refractivity contribution >= 4 is 35.0 Å². The molecule has 0 bridgehead atoms. The molecule has 2 atom stereocenters. The fourth-order valence-electron chi connectivity index (χ4n) is 3.20. The second kappa shape index (κ2) is 5.52. The Morgan fingerprint density at radius 2 is 1.72 bits per heavy atom. The summed E-state index contributed by atoms with van der Waals surface area (Å²) in [5, 5.41) is 11.2. The van der Waals surface area contributed by atoms with Crippen LogP contribution in [0.5, 0.6) is 0 Å². The van der Waals surface area contributed by atoms with E-state index in [9.17, 15) is 24.3 Å². The maximum Gasteiger partial charge on any atom is 0.331 e. The maximum atomic E-state index is 12.6. The molecule has 2 aliphatic rings. The smallest absolute Gasteiger partial charge is 0.331 e. The second-order valence-electron chi connectivity index (χ2n) is 5.79. The van der Waals surface area contributed by atoms with Gasteiger partial charge in [-0.25, -0.2) is 4.79 Å². The van der Waals surface area contributed by atoms with E-state index < -0.39 is 35.8 Å². The lowest BCUT2D eigenvalue weighted by molar-refractivity contribution is -0.161. The van der Waals surface area contributed by atoms with Crippen LogP contribution in [0.2, 0.25) is 0 Å². The van der Waals surface area contributed by atoms with Crippen LogP contribution in [0.15, 0.2) is 41.8 Å². The SMILES string of the molecule is O=C(O)C(c1cccs1)N1CC(N2C(=O)c3ccccc3C2=O)C1=O. The van der Waals surface area contributed by atoms with Gasteiger partial charge >= 0.3 is 5.97 Å². The normalized spacial score (nSPS) is 20.5. The second-order valence-corrected chi connectivity index (χ2v) is 6.77. The van der Waals surface area contributed by atoms with Gasteiger partial charge in [0.25, 0.3) is 11.8 Å². The minimum absolute atomic E-state index is 0.0131. The van der Waals surface area contributed by atoms with Crippen LogP contribution in [0.1, 0.15) is 31.6 Å². The maximum absolute atomic E-state index is 12.6. The Bertz CT molecular complexity index is 873. The van der Waals surface area contributed by atoms with Crippen LogP contribution in [-0.4, -0.2) is 51.2 Å². The van der Waals surface area contributed by atoms with Crippen LogP contribution in [0, 0.1) is 0 Å². The lowest BCUT2D eigenvalue weighted by Gasteiger charge is -2.44. The molecule has 3 amide bonds. The highest BCUT2D eigenvalue weighted by molar-refractivity contribution is 7.10. The van der Waals surface area contributed by atoms with E-state index in [-0.39, 0.29) is 17.7 Å². The molecular formula is C17H12N2O5S. The molecule has 0 saturated carbocycles. The number of hydrogen-bond donors (Lipinski definition) is 1. The lowest BCUT2D eigenvalue weighted by Crippen LogP contribution is -2.66. The first-order valence-corrected chi connectivity index (χ1v) is 8.42. The summed E-state index contributed by atoms with van der Waals surface area (Å²) in [4.78, 5) is 51.7. The topological polar surface area (TPSA) is 95.0 Å². The Balaban J connectivity index is 1.58. The van der Waals surface area contributed by atoms with Crippen LogP contribution < -0.4 is 0 Å². The molecule has 2 aromatic rings. The summed E-state index contributed by atoms with van der Waals surface area (Å²) < 4.78 is 0. The number of likely N-dealkylation sites (tertiary alicyclic amines) is 1. The molecule has 7 nitrogen and oxygen atoms in total. The molecule has 1 fully saturated rings. The van der Waals surface area contributed by atoms with Gasteiger partial charge in [0.15, 0.2) is 6.04 Å². The average Bonchev–Trinajstić information content (AvgIpc) is 3.20. The summed E-state index contributed by atoms with van der Waals surface area (Å²) >= 11 is 1.24. The van der Waals surface area contributed by atoms with Crippen molar-refractivity contribution in [1.29, 1.82) is 0 Å². The van der Waals surface area contributed by atoms with Crippen molar-refractivity contribution in [2.75, 3.05) is 6.54 Å². The van der Waals surface area contributed by atoms with E-state index in [0.29, 0.717) is 4.88 Å². The molecule has 4 rings (SSSR count). The molecule has 25 heavy (non-hydrogen) atoms. The van der Waals surface area contributed by atoms with Gasteiger partial charge in [-0.3, -0.25) is 19.3 Å². The standard InChI is InChI=1S/C17H12N2O5S/c20-14-9-4-1-2-5-10(9)15(21)19(14)11-8-18(16(11)22)13(17(23)24)12-6-3-7-25-12/h1-7,11,13H,8H2,(H,23,24). The van der Waals surface area contributed by atoms with Crippen molar-refractivity contribution < 1.29 is 24.3 Å². The van der Waals surface area contributed by atoms with E-state index in [4.69, 9.17) is 0 Å². The number of carboxylic acid groups (broad SMARTS) is 1. The van der Waals surface area contributed by atoms with Crippen LogP contribution >= 0.6 is 11.3 Å². The molecule has 1 N–H and O–H groups in total. The fraction of sp³-hybridized carbons (Fsp3) is 0.176. The number of benzene rings is 1. The van der Waals surface area contributed by atoms with Crippen molar-refractivity contribution in [2.45, 2.75) is 12.1 Å². The van der Waals surface area contributed by atoms with Gasteiger partial charge in [-0.2, -0.15) is 0 Å². The zero-order chi connectivity index (χ0) is 17.7. The molecule has 0 radical (unpaired) electrons. The van der Waals surface area contributed by atoms with Gasteiger partial charge in [0.05, 0.1) is 17.7 Å². The molecule has 2 aliphatic heterocycles. The van der Waals surface area contributed by atoms with Crippen LogP contribution in [0.4, 0.5) is 0 Å². The number of rotatable bonds is 4. The van der Waals surface area contributed by atoms with Gasteiger partial charge in [0.1, 0.15) is 6.04 Å². The molecule has 3 heterocycles. The monoisotopic (exact) mass is 356 g/mol. The molecule has 1 aromatic carbocycles. The highest BCUT2D eigenvalue weighted by atomic mass is 32.1. The van der Waals surface area contributed by atoms with Crippen molar-refractivity contribution in [3.63, 3.8) is 0 Å². The average molecular weight is 356 g/mol. The molecule has 1 aromatic heterocycles. The lowest BCUT2D eigenvalue weighted by atomic mass is 10.0. The first-order valence-electron chi connectivity index (χ1n) is 7.54. The van der Waals surface area contributed by atoms with E-state index in [0.717, 1.165) is 4.90 Å². The zero-order valence-electron chi connectivity index (χ0n) is 12.8. The molecule has 126 valence electrons. The molecular weight excluding hydrogens is 344 g/mol. The van der Waals surface area contributed by atoms with Crippen LogP contribution in [-0.2, 0) is 9.59 Å². The zero-order valence-corrected chi connectivity index (χ0v) is 13.6. The Kier molecular flexibility index (Phi) is 3.43. The van der Waals surface area contributed by atoms with Crippen molar-refractivity contribution in [1.82, 2.24) is 9.80 Å². The number of carbonyl (C=O) groups excluding carboxylic acids is 3. The Hall–Kier alpha value is -3.00. The van der Waals surface area contributed by atoms with Gasteiger partial charge < -0.3 is 10.0 Å². The number of imide groups is 1. The van der Waals surface area contributed by atoms with E-state index >= 15 is 0 Å². The number of fused-ring (bicyclic) bond motifs is 1. The van der Waals surface area contributed by atoms with Crippen molar-refractivity contribution in [3.8, 4) is 0 Å². The molecule has 2 unspecified atom stereocenters. The summed E-state index contributed by atoms with van der Waals surface area (Å²) in [6, 6.07) is 7.70. The third-order valence-corrected chi connectivity index (χ3v) is 5.36. The Morgan fingerprint density at radius 1 is 1.08 bits per heavy atom. The van der Waals surface area contributed by atoms with Crippen LogP contribution in [0.25, 0.3) is 0 Å². The predicted molar refractivity (Wildman–Crippen MR) is 87.1 cm³/mol. The third kappa shape index (κ3) is 2.18. The van der Waals surface area contributed by atoms with Crippen LogP contribution in [0.3, 0.4) is 0 Å². The number of nitrogens with zero attached hydrogens (tertiary/aromatic N) is 2. The molecule has 1 saturated heterocycles. The Labute approximate surface area is 146 Å². The van der Waals surface area contributed by atoms with Gasteiger partial charge in [0, 0.05) is 4.88 Å². The summed E-state index contributed by atoms with van der Waals surface area (Å²) in [7, 11) is 0.